The molecule has 2 rings (SSSR count). The SMILES string of the molecule is CC(C#N)NC(=O)C(Cc1ccc(O)cc1)NC(=O)c1cccc(CCl)c1. The molecule has 0 fully saturated rings. The molecule has 0 aliphatic carbocycles. The monoisotopic (exact) mass is 385 g/mol. The van der Waals surface area contributed by atoms with Gasteiger partial charge < -0.3 is 15.7 Å². The number of amides is 2. The van der Waals surface area contributed by atoms with Crippen LogP contribution in [-0.2, 0) is 17.1 Å². The number of carbonyl (C=O) groups excluding carboxylic acids is 2. The number of nitriles is 1. The Hall–Kier alpha value is -3.04. The third kappa shape index (κ3) is 6.01. The molecule has 0 heterocycles. The summed E-state index contributed by atoms with van der Waals surface area (Å²) in [4.78, 5) is 25.1. The molecule has 2 atom stereocenters. The zero-order valence-electron chi connectivity index (χ0n) is 14.8. The summed E-state index contributed by atoms with van der Waals surface area (Å²) in [5.74, 6) is -0.484. The zero-order valence-corrected chi connectivity index (χ0v) is 15.5. The van der Waals surface area contributed by atoms with Crippen molar-refractivity contribution in [3.8, 4) is 11.8 Å². The third-order valence-corrected chi connectivity index (χ3v) is 4.20. The van der Waals surface area contributed by atoms with E-state index in [0.717, 1.165) is 11.1 Å². The van der Waals surface area contributed by atoms with Crippen LogP contribution in [-0.4, -0.2) is 29.0 Å². The van der Waals surface area contributed by atoms with Crippen LogP contribution < -0.4 is 10.6 Å². The number of rotatable bonds is 7. The summed E-state index contributed by atoms with van der Waals surface area (Å²) in [6.45, 7) is 1.56. The van der Waals surface area contributed by atoms with Gasteiger partial charge in [-0.25, -0.2) is 0 Å². The van der Waals surface area contributed by atoms with Crippen molar-refractivity contribution in [1.29, 1.82) is 5.26 Å². The lowest BCUT2D eigenvalue weighted by Gasteiger charge is -2.19. The van der Waals surface area contributed by atoms with Crippen LogP contribution in [0.2, 0.25) is 0 Å². The second-order valence-electron chi connectivity index (χ2n) is 6.09. The van der Waals surface area contributed by atoms with Crippen LogP contribution >= 0.6 is 11.6 Å². The third-order valence-electron chi connectivity index (χ3n) is 3.89. The van der Waals surface area contributed by atoms with E-state index in [9.17, 15) is 14.7 Å². The maximum Gasteiger partial charge on any atom is 0.251 e. The van der Waals surface area contributed by atoms with E-state index in [1.54, 1.807) is 43.3 Å². The Morgan fingerprint density at radius 1 is 1.15 bits per heavy atom. The van der Waals surface area contributed by atoms with Gasteiger partial charge in [-0.3, -0.25) is 9.59 Å². The van der Waals surface area contributed by atoms with Gasteiger partial charge in [0.15, 0.2) is 0 Å². The van der Waals surface area contributed by atoms with Gasteiger partial charge in [0.2, 0.25) is 5.91 Å². The van der Waals surface area contributed by atoms with E-state index in [0.29, 0.717) is 5.56 Å². The average Bonchev–Trinajstić information content (AvgIpc) is 2.68. The number of aromatic hydroxyl groups is 1. The number of phenols is 1. The number of nitrogens with one attached hydrogen (secondary N) is 2. The van der Waals surface area contributed by atoms with Gasteiger partial charge in [-0.1, -0.05) is 24.3 Å². The first-order valence-electron chi connectivity index (χ1n) is 8.36. The average molecular weight is 386 g/mol. The lowest BCUT2D eigenvalue weighted by Crippen LogP contribution is -2.50. The Morgan fingerprint density at radius 2 is 1.85 bits per heavy atom. The minimum absolute atomic E-state index is 0.111. The first-order valence-corrected chi connectivity index (χ1v) is 8.90. The Labute approximate surface area is 162 Å². The number of phenolic OH excluding ortho intramolecular Hbond substituents is 1. The van der Waals surface area contributed by atoms with Gasteiger partial charge in [-0.05, 0) is 42.3 Å². The summed E-state index contributed by atoms with van der Waals surface area (Å²) in [6, 6.07) is 13.6. The van der Waals surface area contributed by atoms with E-state index in [1.807, 2.05) is 6.07 Å². The molecule has 0 aliphatic rings. The topological polar surface area (TPSA) is 102 Å². The maximum atomic E-state index is 12.6. The number of hydrogen-bond acceptors (Lipinski definition) is 4. The van der Waals surface area contributed by atoms with Crippen LogP contribution in [0.1, 0.15) is 28.4 Å². The van der Waals surface area contributed by atoms with Crippen LogP contribution in [0.25, 0.3) is 0 Å². The number of benzene rings is 2. The predicted molar refractivity (Wildman–Crippen MR) is 102 cm³/mol. The van der Waals surface area contributed by atoms with Crippen LogP contribution in [0, 0.1) is 11.3 Å². The Kier molecular flexibility index (Phi) is 7.21. The Bertz CT molecular complexity index is 846. The van der Waals surface area contributed by atoms with E-state index in [2.05, 4.69) is 10.6 Å². The lowest BCUT2D eigenvalue weighted by atomic mass is 10.0. The van der Waals surface area contributed by atoms with Gasteiger partial charge in [0.05, 0.1) is 6.07 Å². The minimum Gasteiger partial charge on any atom is -0.508 e. The van der Waals surface area contributed by atoms with E-state index in [1.165, 1.54) is 12.1 Å². The van der Waals surface area contributed by atoms with Crippen molar-refractivity contribution in [2.45, 2.75) is 31.3 Å². The minimum atomic E-state index is -0.877. The lowest BCUT2D eigenvalue weighted by molar-refractivity contribution is -0.123. The number of carbonyl (C=O) groups is 2. The smallest absolute Gasteiger partial charge is 0.251 e. The quantitative estimate of drug-likeness (QED) is 0.637. The molecule has 0 spiro atoms. The van der Waals surface area contributed by atoms with E-state index >= 15 is 0 Å². The van der Waals surface area contributed by atoms with Crippen molar-refractivity contribution >= 4 is 23.4 Å². The molecule has 0 aliphatic heterocycles. The predicted octanol–water partition coefficient (Wildman–Crippen LogP) is 2.50. The Balaban J connectivity index is 2.19. The normalized spacial score (nSPS) is 12.5. The summed E-state index contributed by atoms with van der Waals surface area (Å²) in [5, 5.41) is 23.6. The summed E-state index contributed by atoms with van der Waals surface area (Å²) in [5.41, 5.74) is 1.94. The van der Waals surface area contributed by atoms with Crippen LogP contribution in [0.4, 0.5) is 0 Å². The van der Waals surface area contributed by atoms with Crippen molar-refractivity contribution in [2.24, 2.45) is 0 Å². The van der Waals surface area contributed by atoms with Gasteiger partial charge in [0.25, 0.3) is 5.91 Å². The van der Waals surface area contributed by atoms with Gasteiger partial charge in [-0.2, -0.15) is 5.26 Å². The fourth-order valence-corrected chi connectivity index (χ4v) is 2.63. The number of alkyl halides is 1. The fourth-order valence-electron chi connectivity index (χ4n) is 2.46. The van der Waals surface area contributed by atoms with Crippen molar-refractivity contribution in [3.05, 3.63) is 65.2 Å². The molecular weight excluding hydrogens is 366 g/mol. The first-order chi connectivity index (χ1) is 12.9. The first kappa shape index (κ1) is 20.3. The van der Waals surface area contributed by atoms with Gasteiger partial charge >= 0.3 is 0 Å². The highest BCUT2D eigenvalue weighted by atomic mass is 35.5. The summed E-state index contributed by atoms with van der Waals surface area (Å²) in [7, 11) is 0. The second kappa shape index (κ2) is 9.60. The number of hydrogen-bond donors (Lipinski definition) is 3. The molecule has 2 unspecified atom stereocenters. The van der Waals surface area contributed by atoms with Crippen LogP contribution in [0.3, 0.4) is 0 Å². The molecule has 2 amide bonds. The molecule has 7 heteroatoms. The van der Waals surface area contributed by atoms with Crippen molar-refractivity contribution < 1.29 is 14.7 Å². The van der Waals surface area contributed by atoms with Crippen LogP contribution in [0.15, 0.2) is 48.5 Å². The van der Waals surface area contributed by atoms with Crippen molar-refractivity contribution in [1.82, 2.24) is 10.6 Å². The van der Waals surface area contributed by atoms with Crippen LogP contribution in [0.5, 0.6) is 5.75 Å². The van der Waals surface area contributed by atoms with Crippen molar-refractivity contribution in [3.63, 3.8) is 0 Å². The second-order valence-corrected chi connectivity index (χ2v) is 6.36. The van der Waals surface area contributed by atoms with E-state index in [-0.39, 0.29) is 18.1 Å². The molecule has 27 heavy (non-hydrogen) atoms. The van der Waals surface area contributed by atoms with Gasteiger partial charge in [-0.15, -0.1) is 11.6 Å². The molecule has 6 nitrogen and oxygen atoms in total. The molecule has 140 valence electrons. The molecule has 2 aromatic rings. The number of nitrogens with zero attached hydrogens (tertiary/aromatic N) is 1. The van der Waals surface area contributed by atoms with E-state index in [4.69, 9.17) is 16.9 Å². The molecule has 0 saturated carbocycles. The Morgan fingerprint density at radius 3 is 2.48 bits per heavy atom. The fraction of sp³-hybridized carbons (Fsp3) is 0.250. The molecular formula is C20H20ClN3O3. The molecule has 0 bridgehead atoms. The molecule has 2 aromatic carbocycles. The molecule has 0 aromatic heterocycles. The molecule has 3 N–H and O–H groups in total. The zero-order chi connectivity index (χ0) is 19.8. The standard InChI is InChI=1S/C20H20ClN3O3/c1-13(12-22)23-20(27)18(10-14-5-7-17(25)8-6-14)24-19(26)16-4-2-3-15(9-16)11-21/h2-9,13,18,25H,10-11H2,1H3,(H,23,27)(H,24,26). The summed E-state index contributed by atoms with van der Waals surface area (Å²) < 4.78 is 0. The summed E-state index contributed by atoms with van der Waals surface area (Å²) >= 11 is 5.81. The highest BCUT2D eigenvalue weighted by Gasteiger charge is 2.23. The highest BCUT2D eigenvalue weighted by molar-refractivity contribution is 6.17. The highest BCUT2D eigenvalue weighted by Crippen LogP contribution is 2.13. The summed E-state index contributed by atoms with van der Waals surface area (Å²) in [6.07, 6.45) is 0.213. The number of halogens is 1. The van der Waals surface area contributed by atoms with E-state index < -0.39 is 23.9 Å². The van der Waals surface area contributed by atoms with Gasteiger partial charge in [0.1, 0.15) is 17.8 Å². The molecule has 0 radical (unpaired) electrons. The molecule has 0 saturated heterocycles. The maximum absolute atomic E-state index is 12.6. The van der Waals surface area contributed by atoms with Crippen molar-refractivity contribution in [2.75, 3.05) is 0 Å². The largest absolute Gasteiger partial charge is 0.508 e. The van der Waals surface area contributed by atoms with Gasteiger partial charge in [0, 0.05) is 17.9 Å².